The van der Waals surface area contributed by atoms with Crippen molar-refractivity contribution in [3.63, 3.8) is 0 Å². The number of benzene rings is 2. The minimum Gasteiger partial charge on any atom is -0.443 e. The average molecular weight is 449 g/mol. The molecule has 2 aromatic carbocycles. The molecule has 2 amide bonds. The first-order valence-corrected chi connectivity index (χ1v) is 10.5. The van der Waals surface area contributed by atoms with E-state index in [1.54, 1.807) is 58.0 Å². The van der Waals surface area contributed by atoms with Gasteiger partial charge in [-0.05, 0) is 63.1 Å². The molecule has 0 fully saturated rings. The molecule has 0 unspecified atom stereocenters. The number of ether oxygens (including phenoxy) is 1. The molecular weight excluding hydrogens is 420 g/mol. The fraction of sp³-hybridized carbons (Fsp3) is 0.240. The second-order valence-electron chi connectivity index (χ2n) is 8.49. The van der Waals surface area contributed by atoms with E-state index in [0.29, 0.717) is 17.1 Å². The van der Waals surface area contributed by atoms with Crippen LogP contribution in [-0.4, -0.2) is 22.6 Å². The Morgan fingerprint density at radius 3 is 2.61 bits per heavy atom. The smallest absolute Gasteiger partial charge is 0.418 e. The minimum atomic E-state index is -0.670. The highest BCUT2D eigenvalue weighted by molar-refractivity contribution is 6.03. The van der Waals surface area contributed by atoms with E-state index in [1.807, 2.05) is 24.3 Å². The molecule has 1 heterocycles. The van der Waals surface area contributed by atoms with E-state index >= 15 is 0 Å². The number of nitrogen functional groups attached to an aromatic ring is 1. The third-order valence-electron chi connectivity index (χ3n) is 4.39. The number of rotatable bonds is 6. The zero-order chi connectivity index (χ0) is 24.0. The largest absolute Gasteiger partial charge is 0.443 e. The second kappa shape index (κ2) is 10.0. The predicted molar refractivity (Wildman–Crippen MR) is 129 cm³/mol. The van der Waals surface area contributed by atoms with Crippen LogP contribution in [0, 0.1) is 6.92 Å². The molecule has 1 aromatic heterocycles. The number of aryl methyl sites for hydroxylation is 1. The molecule has 172 valence electrons. The van der Waals surface area contributed by atoms with Crippen molar-refractivity contribution >= 4 is 35.5 Å². The summed E-state index contributed by atoms with van der Waals surface area (Å²) in [6.45, 7) is 7.35. The molecule has 0 spiro atoms. The number of aromatic nitrogens is 1. The molecule has 0 atom stereocenters. The highest BCUT2D eigenvalue weighted by atomic mass is 16.6. The van der Waals surface area contributed by atoms with Gasteiger partial charge in [-0.1, -0.05) is 30.3 Å². The van der Waals surface area contributed by atoms with Gasteiger partial charge in [0.25, 0.3) is 0 Å². The lowest BCUT2D eigenvalue weighted by molar-refractivity contribution is -0.111. The van der Waals surface area contributed by atoms with Gasteiger partial charge in [0, 0.05) is 6.08 Å². The molecule has 33 heavy (non-hydrogen) atoms. The van der Waals surface area contributed by atoms with E-state index in [0.717, 1.165) is 11.1 Å². The van der Waals surface area contributed by atoms with Gasteiger partial charge in [-0.2, -0.15) is 4.98 Å². The van der Waals surface area contributed by atoms with Crippen LogP contribution in [0.15, 0.2) is 65.3 Å². The summed E-state index contributed by atoms with van der Waals surface area (Å²) in [6, 6.07) is 14.6. The summed E-state index contributed by atoms with van der Waals surface area (Å²) in [7, 11) is 0. The van der Waals surface area contributed by atoms with Crippen molar-refractivity contribution in [3.8, 4) is 0 Å². The van der Waals surface area contributed by atoms with E-state index in [-0.39, 0.29) is 18.5 Å². The van der Waals surface area contributed by atoms with Crippen molar-refractivity contribution in [1.29, 1.82) is 0 Å². The van der Waals surface area contributed by atoms with Crippen molar-refractivity contribution < 1.29 is 18.7 Å². The molecular formula is C25H28N4O4. The summed E-state index contributed by atoms with van der Waals surface area (Å²) >= 11 is 0. The number of hydrogen-bond acceptors (Lipinski definition) is 6. The number of para-hydroxylation sites is 2. The number of carbonyl (C=O) groups excluding carboxylic acids is 2. The third kappa shape index (κ3) is 6.96. The Hall–Kier alpha value is -4.07. The first-order chi connectivity index (χ1) is 15.6. The van der Waals surface area contributed by atoms with Crippen molar-refractivity contribution in [3.05, 3.63) is 77.7 Å². The number of oxazole rings is 1. The van der Waals surface area contributed by atoms with Crippen LogP contribution in [-0.2, 0) is 16.1 Å². The Morgan fingerprint density at radius 2 is 1.94 bits per heavy atom. The van der Waals surface area contributed by atoms with Crippen LogP contribution in [0.25, 0.3) is 6.08 Å². The van der Waals surface area contributed by atoms with Crippen LogP contribution in [0.1, 0.15) is 37.6 Å². The Labute approximate surface area is 193 Å². The van der Waals surface area contributed by atoms with Crippen molar-refractivity contribution in [2.45, 2.75) is 39.8 Å². The highest BCUT2D eigenvalue weighted by Gasteiger charge is 2.26. The third-order valence-corrected chi connectivity index (χ3v) is 4.39. The molecule has 0 aliphatic rings. The van der Waals surface area contributed by atoms with Crippen LogP contribution in [0.2, 0.25) is 0 Å². The lowest BCUT2D eigenvalue weighted by Crippen LogP contribution is -2.36. The van der Waals surface area contributed by atoms with Gasteiger partial charge in [0.05, 0.1) is 23.6 Å². The number of amides is 2. The molecule has 0 aliphatic carbocycles. The standard InChI is InChI=1S/C25H28N4O4/c1-17-16-32-23(27-17)29(24(31)33-25(2,3)4)15-19-9-7-8-18(14-19)12-13-22(30)28-21-11-6-5-10-20(21)26/h5-14,16H,15,26H2,1-4H3,(H,28,30)/b13-12+. The van der Waals surface area contributed by atoms with Crippen LogP contribution in [0.3, 0.4) is 0 Å². The zero-order valence-electron chi connectivity index (χ0n) is 19.2. The Kier molecular flexibility index (Phi) is 7.17. The Balaban J connectivity index is 1.75. The summed E-state index contributed by atoms with van der Waals surface area (Å²) in [4.78, 5) is 30.7. The maximum absolute atomic E-state index is 12.8. The quantitative estimate of drug-likeness (QED) is 0.398. The molecule has 8 heteroatoms. The number of anilines is 3. The monoisotopic (exact) mass is 448 g/mol. The van der Waals surface area contributed by atoms with Gasteiger partial charge in [-0.15, -0.1) is 0 Å². The normalized spacial score (nSPS) is 11.4. The molecule has 0 saturated heterocycles. The van der Waals surface area contributed by atoms with Crippen molar-refractivity contribution in [1.82, 2.24) is 4.98 Å². The van der Waals surface area contributed by atoms with Gasteiger partial charge < -0.3 is 20.2 Å². The molecule has 8 nitrogen and oxygen atoms in total. The highest BCUT2D eigenvalue weighted by Crippen LogP contribution is 2.21. The molecule has 0 radical (unpaired) electrons. The molecule has 3 aromatic rings. The van der Waals surface area contributed by atoms with E-state index in [9.17, 15) is 9.59 Å². The molecule has 0 aliphatic heterocycles. The Morgan fingerprint density at radius 1 is 1.18 bits per heavy atom. The Bertz CT molecular complexity index is 1160. The molecule has 0 bridgehead atoms. The van der Waals surface area contributed by atoms with E-state index in [4.69, 9.17) is 14.9 Å². The van der Waals surface area contributed by atoms with E-state index in [2.05, 4.69) is 10.3 Å². The summed E-state index contributed by atoms with van der Waals surface area (Å²) in [6.07, 6.45) is 4.02. The van der Waals surface area contributed by atoms with E-state index < -0.39 is 11.7 Å². The summed E-state index contributed by atoms with van der Waals surface area (Å²) in [5.41, 5.74) is 8.49. The second-order valence-corrected chi connectivity index (χ2v) is 8.49. The number of nitrogens with one attached hydrogen (secondary N) is 1. The minimum absolute atomic E-state index is 0.155. The van der Waals surface area contributed by atoms with Gasteiger partial charge >= 0.3 is 12.1 Å². The fourth-order valence-electron chi connectivity index (χ4n) is 2.93. The zero-order valence-corrected chi connectivity index (χ0v) is 19.2. The van der Waals surface area contributed by atoms with Gasteiger partial charge in [-0.25, -0.2) is 9.69 Å². The number of carbonyl (C=O) groups is 2. The molecule has 3 rings (SSSR count). The van der Waals surface area contributed by atoms with Crippen LogP contribution >= 0.6 is 0 Å². The number of nitrogens with two attached hydrogens (primary N) is 1. The molecule has 0 saturated carbocycles. The summed E-state index contributed by atoms with van der Waals surface area (Å²) in [5.74, 6) is -0.302. The molecule has 3 N–H and O–H groups in total. The lowest BCUT2D eigenvalue weighted by atomic mass is 10.1. The lowest BCUT2D eigenvalue weighted by Gasteiger charge is -2.25. The van der Waals surface area contributed by atoms with Crippen molar-refractivity contribution in [2.75, 3.05) is 16.0 Å². The SMILES string of the molecule is Cc1coc(N(Cc2cccc(/C=C/C(=O)Nc3ccccc3N)c2)C(=O)OC(C)(C)C)n1. The van der Waals surface area contributed by atoms with Gasteiger partial charge in [0.1, 0.15) is 11.9 Å². The summed E-state index contributed by atoms with van der Waals surface area (Å²) < 4.78 is 11.0. The summed E-state index contributed by atoms with van der Waals surface area (Å²) in [5, 5.41) is 2.75. The predicted octanol–water partition coefficient (Wildman–Crippen LogP) is 5.16. The maximum atomic E-state index is 12.8. The fourth-order valence-corrected chi connectivity index (χ4v) is 2.93. The first-order valence-electron chi connectivity index (χ1n) is 10.5. The topological polar surface area (TPSA) is 111 Å². The van der Waals surface area contributed by atoms with Crippen LogP contribution in [0.4, 0.5) is 22.2 Å². The van der Waals surface area contributed by atoms with Gasteiger partial charge in [-0.3, -0.25) is 4.79 Å². The first kappa shape index (κ1) is 23.6. The van der Waals surface area contributed by atoms with Crippen molar-refractivity contribution in [2.24, 2.45) is 0 Å². The van der Waals surface area contributed by atoms with Crippen LogP contribution in [0.5, 0.6) is 0 Å². The van der Waals surface area contributed by atoms with E-state index in [1.165, 1.54) is 17.2 Å². The maximum Gasteiger partial charge on any atom is 0.418 e. The van der Waals surface area contributed by atoms with Gasteiger partial charge in [0.2, 0.25) is 5.91 Å². The van der Waals surface area contributed by atoms with Gasteiger partial charge in [0.15, 0.2) is 0 Å². The van der Waals surface area contributed by atoms with Crippen LogP contribution < -0.4 is 16.0 Å². The number of nitrogens with zero attached hydrogens (tertiary/aromatic N) is 2. The number of hydrogen-bond donors (Lipinski definition) is 2. The average Bonchev–Trinajstić information content (AvgIpc) is 3.17.